The van der Waals surface area contributed by atoms with Crippen molar-refractivity contribution in [1.29, 1.82) is 0 Å². The van der Waals surface area contributed by atoms with E-state index >= 15 is 0 Å². The summed E-state index contributed by atoms with van der Waals surface area (Å²) in [5.74, 6) is -1.67. The van der Waals surface area contributed by atoms with Crippen molar-refractivity contribution in [2.75, 3.05) is 36.8 Å². The fraction of sp³-hybridized carbons (Fsp3) is 0.529. The minimum Gasteiger partial charge on any atom is -0.466 e. The van der Waals surface area contributed by atoms with Crippen molar-refractivity contribution < 1.29 is 27.1 Å². The monoisotopic (exact) mass is 386 g/mol. The SMILES string of the molecule is CCOC(=O)C1CCN(C(=O)CN(c2ccccc2F)S(C)(=O)=O)CC1. The Bertz CT molecular complexity index is 760. The Labute approximate surface area is 152 Å². The minimum atomic E-state index is -3.83. The van der Waals surface area contributed by atoms with Crippen molar-refractivity contribution in [3.05, 3.63) is 30.1 Å². The van der Waals surface area contributed by atoms with Crippen LogP contribution in [0.2, 0.25) is 0 Å². The molecule has 7 nitrogen and oxygen atoms in total. The summed E-state index contributed by atoms with van der Waals surface area (Å²) < 4.78 is 43.8. The van der Waals surface area contributed by atoms with Crippen LogP contribution in [0.5, 0.6) is 0 Å². The molecule has 26 heavy (non-hydrogen) atoms. The Kier molecular flexibility index (Phi) is 6.57. The van der Waals surface area contributed by atoms with Gasteiger partial charge in [-0.3, -0.25) is 13.9 Å². The van der Waals surface area contributed by atoms with Crippen LogP contribution in [0.15, 0.2) is 24.3 Å². The van der Waals surface area contributed by atoms with E-state index < -0.39 is 28.3 Å². The number of carbonyl (C=O) groups excluding carboxylic acids is 2. The molecule has 0 saturated carbocycles. The Hall–Kier alpha value is -2.16. The molecule has 0 unspecified atom stereocenters. The summed E-state index contributed by atoms with van der Waals surface area (Å²) in [6.07, 6.45) is 1.85. The first-order chi connectivity index (χ1) is 12.2. The number of hydrogen-bond donors (Lipinski definition) is 0. The third-order valence-electron chi connectivity index (χ3n) is 4.27. The van der Waals surface area contributed by atoms with E-state index in [1.807, 2.05) is 0 Å². The van der Waals surface area contributed by atoms with Gasteiger partial charge in [0.1, 0.15) is 12.4 Å². The number of halogens is 1. The number of likely N-dealkylation sites (tertiary alicyclic amines) is 1. The molecule has 0 bridgehead atoms. The van der Waals surface area contributed by atoms with E-state index in [9.17, 15) is 22.4 Å². The maximum absolute atomic E-state index is 14.0. The number of benzene rings is 1. The van der Waals surface area contributed by atoms with Gasteiger partial charge in [0.2, 0.25) is 15.9 Å². The molecule has 1 fully saturated rings. The molecule has 9 heteroatoms. The molecule has 1 aliphatic rings. The van der Waals surface area contributed by atoms with Crippen LogP contribution in [0.3, 0.4) is 0 Å². The zero-order chi connectivity index (χ0) is 19.3. The van der Waals surface area contributed by atoms with Crippen LogP contribution in [0.25, 0.3) is 0 Å². The number of rotatable bonds is 6. The van der Waals surface area contributed by atoms with Crippen molar-refractivity contribution in [2.45, 2.75) is 19.8 Å². The third-order valence-corrected chi connectivity index (χ3v) is 5.39. The number of hydrogen-bond acceptors (Lipinski definition) is 5. The summed E-state index contributed by atoms with van der Waals surface area (Å²) in [6.45, 7) is 2.22. The third kappa shape index (κ3) is 4.94. The second-order valence-electron chi connectivity index (χ2n) is 6.13. The molecule has 1 heterocycles. The molecule has 2 rings (SSSR count). The second kappa shape index (κ2) is 8.48. The molecule has 0 N–H and O–H groups in total. The molecule has 144 valence electrons. The summed E-state index contributed by atoms with van der Waals surface area (Å²) in [6, 6.07) is 5.41. The maximum atomic E-state index is 14.0. The van der Waals surface area contributed by atoms with E-state index in [-0.39, 0.29) is 17.6 Å². The number of nitrogens with zero attached hydrogens (tertiary/aromatic N) is 2. The van der Waals surface area contributed by atoms with E-state index in [2.05, 4.69) is 0 Å². The van der Waals surface area contributed by atoms with Gasteiger partial charge in [0, 0.05) is 13.1 Å². The Morgan fingerprint density at radius 3 is 2.42 bits per heavy atom. The first-order valence-corrected chi connectivity index (χ1v) is 10.3. The standard InChI is InChI=1S/C17H23FN2O5S/c1-3-25-17(22)13-8-10-19(11-9-13)16(21)12-20(26(2,23)24)15-7-5-4-6-14(15)18/h4-7,13H,3,8-12H2,1-2H3. The van der Waals surface area contributed by atoms with Gasteiger partial charge in [-0.2, -0.15) is 0 Å². The van der Waals surface area contributed by atoms with Crippen LogP contribution in [-0.2, 0) is 24.3 Å². The van der Waals surface area contributed by atoms with Gasteiger partial charge in [0.15, 0.2) is 0 Å². The molecule has 1 saturated heterocycles. The van der Waals surface area contributed by atoms with Gasteiger partial charge in [0.05, 0.1) is 24.5 Å². The van der Waals surface area contributed by atoms with Gasteiger partial charge < -0.3 is 9.64 Å². The summed E-state index contributed by atoms with van der Waals surface area (Å²) >= 11 is 0. The number of para-hydroxylation sites is 1. The summed E-state index contributed by atoms with van der Waals surface area (Å²) in [7, 11) is -3.83. The molecule has 0 spiro atoms. The van der Waals surface area contributed by atoms with E-state index in [4.69, 9.17) is 4.74 Å². The Morgan fingerprint density at radius 2 is 1.88 bits per heavy atom. The highest BCUT2D eigenvalue weighted by molar-refractivity contribution is 7.92. The molecule has 1 aromatic carbocycles. The maximum Gasteiger partial charge on any atom is 0.309 e. The van der Waals surface area contributed by atoms with E-state index in [1.165, 1.54) is 23.1 Å². The molecular weight excluding hydrogens is 363 g/mol. The molecule has 0 radical (unpaired) electrons. The average molecular weight is 386 g/mol. The molecule has 0 aromatic heterocycles. The largest absolute Gasteiger partial charge is 0.466 e. The lowest BCUT2D eigenvalue weighted by Crippen LogP contribution is -2.46. The highest BCUT2D eigenvalue weighted by Crippen LogP contribution is 2.23. The van der Waals surface area contributed by atoms with Crippen molar-refractivity contribution >= 4 is 27.6 Å². The number of anilines is 1. The predicted molar refractivity (Wildman–Crippen MR) is 94.5 cm³/mol. The lowest BCUT2D eigenvalue weighted by atomic mass is 9.97. The molecule has 1 amide bonds. The van der Waals surface area contributed by atoms with Gasteiger partial charge in [0.25, 0.3) is 0 Å². The fourth-order valence-electron chi connectivity index (χ4n) is 2.88. The normalized spacial score (nSPS) is 15.6. The first-order valence-electron chi connectivity index (χ1n) is 8.40. The number of esters is 1. The molecule has 1 aromatic rings. The highest BCUT2D eigenvalue weighted by Gasteiger charge is 2.31. The number of sulfonamides is 1. The van der Waals surface area contributed by atoms with Crippen molar-refractivity contribution in [2.24, 2.45) is 5.92 Å². The quantitative estimate of drug-likeness (QED) is 0.690. The summed E-state index contributed by atoms with van der Waals surface area (Å²) in [4.78, 5) is 25.8. The molecule has 0 aliphatic carbocycles. The zero-order valence-electron chi connectivity index (χ0n) is 14.9. The fourth-order valence-corrected chi connectivity index (χ4v) is 3.73. The van der Waals surface area contributed by atoms with Crippen LogP contribution in [-0.4, -0.2) is 57.7 Å². The Balaban J connectivity index is 2.05. The predicted octanol–water partition coefficient (Wildman–Crippen LogP) is 1.39. The summed E-state index contributed by atoms with van der Waals surface area (Å²) in [5.41, 5.74) is -0.162. The zero-order valence-corrected chi connectivity index (χ0v) is 15.7. The van der Waals surface area contributed by atoms with Crippen molar-refractivity contribution in [3.8, 4) is 0 Å². The van der Waals surface area contributed by atoms with Gasteiger partial charge in [-0.1, -0.05) is 12.1 Å². The lowest BCUT2D eigenvalue weighted by Gasteiger charge is -2.32. The topological polar surface area (TPSA) is 84.0 Å². The van der Waals surface area contributed by atoms with E-state index in [0.717, 1.165) is 16.6 Å². The number of carbonyl (C=O) groups is 2. The highest BCUT2D eigenvalue weighted by atomic mass is 32.2. The second-order valence-corrected chi connectivity index (χ2v) is 8.03. The van der Waals surface area contributed by atoms with Crippen LogP contribution in [0.4, 0.5) is 10.1 Å². The number of amides is 1. The Morgan fingerprint density at radius 1 is 1.27 bits per heavy atom. The van der Waals surface area contributed by atoms with Crippen LogP contribution >= 0.6 is 0 Å². The van der Waals surface area contributed by atoms with Crippen LogP contribution in [0.1, 0.15) is 19.8 Å². The number of piperidine rings is 1. The van der Waals surface area contributed by atoms with Gasteiger partial charge in [-0.25, -0.2) is 12.8 Å². The van der Waals surface area contributed by atoms with E-state index in [0.29, 0.717) is 32.5 Å². The van der Waals surface area contributed by atoms with Crippen LogP contribution in [0, 0.1) is 11.7 Å². The first kappa shape index (κ1) is 20.2. The minimum absolute atomic E-state index is 0.162. The molecule has 0 atom stereocenters. The van der Waals surface area contributed by atoms with Crippen LogP contribution < -0.4 is 4.31 Å². The van der Waals surface area contributed by atoms with E-state index in [1.54, 1.807) is 6.92 Å². The van der Waals surface area contributed by atoms with Gasteiger partial charge in [-0.05, 0) is 31.9 Å². The van der Waals surface area contributed by atoms with Gasteiger partial charge in [-0.15, -0.1) is 0 Å². The smallest absolute Gasteiger partial charge is 0.309 e. The van der Waals surface area contributed by atoms with Crippen molar-refractivity contribution in [1.82, 2.24) is 4.90 Å². The molecule has 1 aliphatic heterocycles. The lowest BCUT2D eigenvalue weighted by molar-refractivity contribution is -0.151. The van der Waals surface area contributed by atoms with Crippen molar-refractivity contribution in [3.63, 3.8) is 0 Å². The number of ether oxygens (including phenoxy) is 1. The molecular formula is C17H23FN2O5S. The van der Waals surface area contributed by atoms with Gasteiger partial charge >= 0.3 is 5.97 Å². The average Bonchev–Trinajstić information content (AvgIpc) is 2.59. The summed E-state index contributed by atoms with van der Waals surface area (Å²) in [5, 5.41) is 0.